The molecule has 3 aliphatic rings. The first-order valence-corrected chi connectivity index (χ1v) is 15.0. The van der Waals surface area contributed by atoms with E-state index in [1.165, 1.54) is 6.07 Å². The molecule has 0 bridgehead atoms. The monoisotopic (exact) mass is 578 g/mol. The highest BCUT2D eigenvalue weighted by Gasteiger charge is 2.30. The molecular weight excluding hydrogens is 539 g/mol. The molecule has 2 atom stereocenters. The minimum Gasteiger partial charge on any atom is -0.490 e. The number of hydrogen-bond donors (Lipinski definition) is 1. The van der Waals surface area contributed by atoms with Crippen LogP contribution in [0.3, 0.4) is 0 Å². The Morgan fingerprint density at radius 3 is 2.69 bits per heavy atom. The summed E-state index contributed by atoms with van der Waals surface area (Å²) in [6.45, 7) is 6.56. The number of carbonyl (C=O) groups is 2. The molecule has 2 unspecified atom stereocenters. The Balaban J connectivity index is 1.06. The van der Waals surface area contributed by atoms with E-state index in [1.54, 1.807) is 11.0 Å². The van der Waals surface area contributed by atoms with Crippen molar-refractivity contribution in [3.05, 3.63) is 41.5 Å². The van der Waals surface area contributed by atoms with Gasteiger partial charge < -0.3 is 24.4 Å². The smallest absolute Gasteiger partial charge is 0.324 e. The molecule has 0 spiro atoms. The molecule has 2 amide bonds. The molecule has 2 fully saturated rings. The van der Waals surface area contributed by atoms with E-state index in [2.05, 4.69) is 26.4 Å². The summed E-state index contributed by atoms with van der Waals surface area (Å²) in [5.74, 6) is 0.481. The highest BCUT2D eigenvalue weighted by atomic mass is 19.1. The fraction of sp³-hybridized carbons (Fsp3) is 0.581. The summed E-state index contributed by atoms with van der Waals surface area (Å²) in [7, 11) is 0. The average Bonchev–Trinajstić information content (AvgIpc) is 3.70. The van der Waals surface area contributed by atoms with E-state index < -0.39 is 11.9 Å². The van der Waals surface area contributed by atoms with Gasteiger partial charge in [0.15, 0.2) is 17.4 Å². The molecule has 3 heterocycles. The van der Waals surface area contributed by atoms with Gasteiger partial charge in [0.1, 0.15) is 6.04 Å². The van der Waals surface area contributed by atoms with Gasteiger partial charge in [0.2, 0.25) is 11.8 Å². The minimum absolute atomic E-state index is 0.0896. The lowest BCUT2D eigenvalue weighted by Crippen LogP contribution is -2.43. The second-order valence-electron chi connectivity index (χ2n) is 11.8. The van der Waals surface area contributed by atoms with E-state index in [-0.39, 0.29) is 35.9 Å². The van der Waals surface area contributed by atoms with Crippen LogP contribution in [0.4, 0.5) is 10.4 Å². The van der Waals surface area contributed by atoms with Crippen molar-refractivity contribution in [2.75, 3.05) is 37.7 Å². The number of piperidine rings is 1. The van der Waals surface area contributed by atoms with Crippen molar-refractivity contribution in [3.63, 3.8) is 0 Å². The van der Waals surface area contributed by atoms with Crippen LogP contribution >= 0.6 is 0 Å². The number of halogens is 1. The zero-order valence-corrected chi connectivity index (χ0v) is 24.4. The Morgan fingerprint density at radius 1 is 1.21 bits per heavy atom. The molecule has 42 heavy (non-hydrogen) atoms. The van der Waals surface area contributed by atoms with Crippen LogP contribution in [0.2, 0.25) is 0 Å². The number of likely N-dealkylation sites (tertiary alicyclic amines) is 1. The third-order valence-electron chi connectivity index (χ3n) is 8.53. The van der Waals surface area contributed by atoms with Crippen LogP contribution in [0.25, 0.3) is 5.57 Å². The number of amides is 2. The van der Waals surface area contributed by atoms with Crippen LogP contribution in [0.1, 0.15) is 76.1 Å². The van der Waals surface area contributed by atoms with Gasteiger partial charge in [0.25, 0.3) is 0 Å². The Hall–Kier alpha value is -3.94. The van der Waals surface area contributed by atoms with Gasteiger partial charge in [-0.05, 0) is 74.1 Å². The van der Waals surface area contributed by atoms with Crippen molar-refractivity contribution in [2.24, 2.45) is 11.8 Å². The first-order chi connectivity index (χ1) is 20.3. The first kappa shape index (κ1) is 29.5. The molecule has 2 aliphatic heterocycles. The lowest BCUT2D eigenvalue weighted by atomic mass is 9.86. The highest BCUT2D eigenvalue weighted by molar-refractivity contribution is 5.87. The molecule has 0 radical (unpaired) electrons. The number of ether oxygens (including phenoxy) is 1. The molecule has 1 N–H and O–H groups in total. The maximum absolute atomic E-state index is 15.0. The van der Waals surface area contributed by atoms with Gasteiger partial charge >= 0.3 is 6.01 Å². The summed E-state index contributed by atoms with van der Waals surface area (Å²) in [6, 6.07) is 7.37. The lowest BCUT2D eigenvalue weighted by molar-refractivity contribution is -0.134. The molecule has 2 saturated heterocycles. The molecule has 11 heteroatoms. The van der Waals surface area contributed by atoms with Crippen molar-refractivity contribution in [2.45, 2.75) is 70.8 Å². The van der Waals surface area contributed by atoms with Gasteiger partial charge in [0, 0.05) is 31.5 Å². The molecule has 1 aliphatic carbocycles. The van der Waals surface area contributed by atoms with E-state index in [0.717, 1.165) is 43.5 Å². The quantitative estimate of drug-likeness (QED) is 0.463. The Bertz CT molecular complexity index is 1340. The summed E-state index contributed by atoms with van der Waals surface area (Å²) < 4.78 is 26.2. The predicted octanol–water partition coefficient (Wildman–Crippen LogP) is 4.44. The van der Waals surface area contributed by atoms with Crippen molar-refractivity contribution in [3.8, 4) is 11.8 Å². The normalized spacial score (nSPS) is 21.3. The predicted molar refractivity (Wildman–Crippen MR) is 154 cm³/mol. The van der Waals surface area contributed by atoms with Crippen molar-refractivity contribution in [1.82, 2.24) is 20.4 Å². The zero-order valence-electron chi connectivity index (χ0n) is 24.4. The average molecular weight is 579 g/mol. The van der Waals surface area contributed by atoms with Crippen molar-refractivity contribution >= 4 is 23.4 Å². The lowest BCUT2D eigenvalue weighted by Gasteiger charge is -2.30. The number of benzene rings is 1. The van der Waals surface area contributed by atoms with Gasteiger partial charge in [-0.1, -0.05) is 31.1 Å². The third-order valence-corrected chi connectivity index (χ3v) is 8.53. The SMILES string of the molecule is CC(C)c1noc(N2CCC(COc3ccc(C4=CCC(C(=O)NCC(=O)N5CCCC5C#N)CC4)cc3F)CC2)n1. The maximum Gasteiger partial charge on any atom is 0.324 e. The number of nitrogens with zero attached hydrogens (tertiary/aromatic N) is 5. The standard InChI is InChI=1S/C31H39FN6O4/c1-20(2)29-35-31(42-36-29)37-14-11-21(12-15-37)19-41-27-10-9-24(16-26(27)32)22-5-7-23(8-6-22)30(40)34-18-28(39)38-13-3-4-25(38)17-33/h5,9-10,16,20-21,23,25H,3-4,6-8,11-15,18-19H2,1-2H3,(H,34,40). The van der Waals surface area contributed by atoms with Gasteiger partial charge in [-0.25, -0.2) is 4.39 Å². The van der Waals surface area contributed by atoms with Crippen molar-refractivity contribution in [1.29, 1.82) is 5.26 Å². The third kappa shape index (κ3) is 6.92. The second-order valence-corrected chi connectivity index (χ2v) is 11.8. The Morgan fingerprint density at radius 2 is 2.02 bits per heavy atom. The van der Waals surface area contributed by atoms with Gasteiger partial charge in [0.05, 0.1) is 19.2 Å². The largest absolute Gasteiger partial charge is 0.490 e. The topological polar surface area (TPSA) is 125 Å². The van der Waals surface area contributed by atoms with E-state index in [4.69, 9.17) is 9.26 Å². The Labute approximate surface area is 245 Å². The summed E-state index contributed by atoms with van der Waals surface area (Å²) >= 11 is 0. The van der Waals surface area contributed by atoms with E-state index in [9.17, 15) is 19.2 Å². The van der Waals surface area contributed by atoms with Crippen LogP contribution < -0.4 is 15.0 Å². The van der Waals surface area contributed by atoms with Crippen LogP contribution in [-0.4, -0.2) is 65.7 Å². The summed E-state index contributed by atoms with van der Waals surface area (Å²) in [5, 5.41) is 16.0. The summed E-state index contributed by atoms with van der Waals surface area (Å²) in [6.07, 6.45) is 7.06. The van der Waals surface area contributed by atoms with E-state index in [1.807, 2.05) is 26.0 Å². The number of hydrogen-bond acceptors (Lipinski definition) is 8. The number of anilines is 1. The molecule has 1 aromatic heterocycles. The van der Waals surface area contributed by atoms with Crippen molar-refractivity contribution < 1.29 is 23.2 Å². The first-order valence-electron chi connectivity index (χ1n) is 15.0. The molecule has 10 nitrogen and oxygen atoms in total. The van der Waals surface area contributed by atoms with E-state index >= 15 is 0 Å². The number of allylic oxidation sites excluding steroid dienone is 2. The van der Waals surface area contributed by atoms with Crippen LogP contribution in [0, 0.1) is 29.0 Å². The zero-order chi connectivity index (χ0) is 29.6. The van der Waals surface area contributed by atoms with Crippen LogP contribution in [0.5, 0.6) is 5.75 Å². The number of nitrogens with one attached hydrogen (secondary N) is 1. The highest BCUT2D eigenvalue weighted by Crippen LogP contribution is 2.33. The molecule has 2 aromatic rings. The van der Waals surface area contributed by atoms with Crippen LogP contribution in [0.15, 0.2) is 28.8 Å². The van der Waals surface area contributed by atoms with E-state index in [0.29, 0.717) is 56.6 Å². The molecular formula is C31H39FN6O4. The van der Waals surface area contributed by atoms with Gasteiger partial charge in [-0.3, -0.25) is 9.59 Å². The molecule has 0 saturated carbocycles. The van der Waals surface area contributed by atoms with Gasteiger partial charge in [-0.15, -0.1) is 0 Å². The van der Waals surface area contributed by atoms with Crippen LogP contribution in [-0.2, 0) is 9.59 Å². The maximum atomic E-state index is 15.0. The number of nitriles is 1. The minimum atomic E-state index is -0.396. The number of carbonyl (C=O) groups excluding carboxylic acids is 2. The fourth-order valence-corrected chi connectivity index (χ4v) is 5.85. The fourth-order valence-electron chi connectivity index (χ4n) is 5.85. The summed E-state index contributed by atoms with van der Waals surface area (Å²) in [4.78, 5) is 33.2. The number of aromatic nitrogens is 2. The molecule has 5 rings (SSSR count). The Kier molecular flexibility index (Phi) is 9.40. The number of rotatable bonds is 9. The molecule has 224 valence electrons. The summed E-state index contributed by atoms with van der Waals surface area (Å²) in [5.41, 5.74) is 1.79. The van der Waals surface area contributed by atoms with Gasteiger partial charge in [-0.2, -0.15) is 10.2 Å². The molecule has 1 aromatic carbocycles. The second kappa shape index (κ2) is 13.4.